The minimum absolute atomic E-state index is 0.0695. The smallest absolute Gasteiger partial charge is 0.407 e. The largest absolute Gasteiger partial charge is 0.410 e. The molecule has 5 N–H and O–H groups in total. The number of nitrogens with one attached hydrogen (secondary N) is 2. The quantitative estimate of drug-likeness (QED) is 0.334. The van der Waals surface area contributed by atoms with E-state index in [2.05, 4.69) is 15.3 Å². The number of carbonyl (C=O) groups is 1. The van der Waals surface area contributed by atoms with E-state index in [1.165, 1.54) is 6.20 Å². The molecule has 1 amide bonds. The van der Waals surface area contributed by atoms with E-state index in [0.717, 1.165) is 33.5 Å². The van der Waals surface area contributed by atoms with Gasteiger partial charge in [-0.05, 0) is 47.4 Å². The van der Waals surface area contributed by atoms with Crippen molar-refractivity contribution in [1.82, 2.24) is 9.97 Å². The van der Waals surface area contributed by atoms with Gasteiger partial charge < -0.3 is 25.9 Å². The Morgan fingerprint density at radius 2 is 2.03 bits per heavy atom. The Bertz CT molecular complexity index is 1250. The Morgan fingerprint density at radius 3 is 2.71 bits per heavy atom. The Balaban J connectivity index is 1.87. The SMILES string of the molecule is CCc1c(CO)cccc1Nc1c(OC(N)=O)cnc2[nH]c(-c3ccc(Cl)cc3)cc12. The van der Waals surface area contributed by atoms with E-state index in [1.807, 2.05) is 55.5 Å². The second kappa shape index (κ2) is 8.67. The van der Waals surface area contributed by atoms with Gasteiger partial charge in [0.1, 0.15) is 5.65 Å². The van der Waals surface area contributed by atoms with Crippen LogP contribution in [0, 0.1) is 0 Å². The van der Waals surface area contributed by atoms with Gasteiger partial charge in [-0.2, -0.15) is 0 Å². The lowest BCUT2D eigenvalue weighted by molar-refractivity contribution is 0.211. The van der Waals surface area contributed by atoms with Crippen molar-refractivity contribution in [3.8, 4) is 17.0 Å². The molecule has 0 aliphatic heterocycles. The number of halogens is 1. The number of rotatable bonds is 6. The summed E-state index contributed by atoms with van der Waals surface area (Å²) < 4.78 is 5.22. The van der Waals surface area contributed by atoms with Crippen molar-refractivity contribution in [2.24, 2.45) is 5.73 Å². The number of fused-ring (bicyclic) bond motifs is 1. The van der Waals surface area contributed by atoms with Crippen LogP contribution in [-0.4, -0.2) is 21.2 Å². The normalized spacial score (nSPS) is 10.9. The second-order valence-corrected chi connectivity index (χ2v) is 7.39. The first-order valence-corrected chi connectivity index (χ1v) is 10.1. The third-order valence-electron chi connectivity index (χ3n) is 5.05. The number of aliphatic hydroxyl groups excluding tert-OH is 1. The van der Waals surface area contributed by atoms with Crippen LogP contribution in [0.4, 0.5) is 16.2 Å². The molecule has 8 heteroatoms. The molecular formula is C23H21ClN4O3. The number of hydrogen-bond acceptors (Lipinski definition) is 5. The van der Waals surface area contributed by atoms with Crippen LogP contribution in [0.5, 0.6) is 5.75 Å². The molecule has 0 unspecified atom stereocenters. The monoisotopic (exact) mass is 436 g/mol. The average Bonchev–Trinajstić information content (AvgIpc) is 3.20. The molecular weight excluding hydrogens is 416 g/mol. The maximum absolute atomic E-state index is 11.5. The number of anilines is 2. The number of pyridine rings is 1. The maximum atomic E-state index is 11.5. The molecule has 31 heavy (non-hydrogen) atoms. The predicted molar refractivity (Wildman–Crippen MR) is 122 cm³/mol. The summed E-state index contributed by atoms with van der Waals surface area (Å²) in [5.74, 6) is 0.207. The first-order valence-electron chi connectivity index (χ1n) is 9.73. The Labute approximate surface area is 183 Å². The third kappa shape index (κ3) is 4.19. The molecule has 2 aromatic carbocycles. The van der Waals surface area contributed by atoms with E-state index in [4.69, 9.17) is 22.1 Å². The van der Waals surface area contributed by atoms with Crippen LogP contribution in [-0.2, 0) is 13.0 Å². The highest BCUT2D eigenvalue weighted by Crippen LogP contribution is 2.38. The fraction of sp³-hybridized carbons (Fsp3) is 0.130. The van der Waals surface area contributed by atoms with E-state index < -0.39 is 6.09 Å². The Morgan fingerprint density at radius 1 is 1.26 bits per heavy atom. The van der Waals surface area contributed by atoms with E-state index in [1.54, 1.807) is 0 Å². The molecule has 0 aliphatic rings. The summed E-state index contributed by atoms with van der Waals surface area (Å²) in [6.45, 7) is 1.94. The molecule has 0 saturated carbocycles. The van der Waals surface area contributed by atoms with Gasteiger partial charge in [-0.1, -0.05) is 42.8 Å². The molecule has 0 saturated heterocycles. The molecule has 4 aromatic rings. The summed E-state index contributed by atoms with van der Waals surface area (Å²) in [6.07, 6.45) is 1.22. The molecule has 0 fully saturated rings. The van der Waals surface area contributed by atoms with Crippen LogP contribution in [0.25, 0.3) is 22.3 Å². The molecule has 7 nitrogen and oxygen atoms in total. The van der Waals surface area contributed by atoms with Gasteiger partial charge in [0.15, 0.2) is 5.75 Å². The van der Waals surface area contributed by atoms with Crippen molar-refractivity contribution in [2.75, 3.05) is 5.32 Å². The summed E-state index contributed by atoms with van der Waals surface area (Å²) in [4.78, 5) is 19.1. The Hall–Kier alpha value is -3.55. The van der Waals surface area contributed by atoms with Crippen LogP contribution >= 0.6 is 11.6 Å². The zero-order valence-electron chi connectivity index (χ0n) is 16.8. The fourth-order valence-corrected chi connectivity index (χ4v) is 3.73. The van der Waals surface area contributed by atoms with Crippen LogP contribution in [0.1, 0.15) is 18.1 Å². The number of nitrogens with zero attached hydrogens (tertiary/aromatic N) is 1. The number of hydrogen-bond donors (Lipinski definition) is 4. The number of carbonyl (C=O) groups excluding carboxylic acids is 1. The molecule has 0 radical (unpaired) electrons. The number of benzene rings is 2. The minimum atomic E-state index is -0.933. The topological polar surface area (TPSA) is 113 Å². The number of H-pyrrole nitrogens is 1. The van der Waals surface area contributed by atoms with Crippen molar-refractivity contribution in [3.05, 3.63) is 70.9 Å². The molecule has 2 heterocycles. The van der Waals surface area contributed by atoms with Gasteiger partial charge in [0.25, 0.3) is 0 Å². The van der Waals surface area contributed by atoms with Crippen molar-refractivity contribution >= 4 is 40.1 Å². The average molecular weight is 437 g/mol. The van der Waals surface area contributed by atoms with Crippen molar-refractivity contribution in [2.45, 2.75) is 20.0 Å². The van der Waals surface area contributed by atoms with Gasteiger partial charge in [0.2, 0.25) is 0 Å². The molecule has 0 spiro atoms. The second-order valence-electron chi connectivity index (χ2n) is 6.95. The maximum Gasteiger partial charge on any atom is 0.410 e. The number of aromatic amines is 1. The molecule has 0 aliphatic carbocycles. The predicted octanol–water partition coefficient (Wildman–Crippen LogP) is 5.14. The lowest BCUT2D eigenvalue weighted by atomic mass is 10.0. The lowest BCUT2D eigenvalue weighted by Crippen LogP contribution is -2.17. The third-order valence-corrected chi connectivity index (χ3v) is 5.30. The highest BCUT2D eigenvalue weighted by Gasteiger charge is 2.17. The number of aliphatic hydroxyl groups is 1. The number of amides is 1. The van der Waals surface area contributed by atoms with Gasteiger partial charge in [-0.3, -0.25) is 0 Å². The molecule has 158 valence electrons. The summed E-state index contributed by atoms with van der Waals surface area (Å²) >= 11 is 6.01. The lowest BCUT2D eigenvalue weighted by Gasteiger charge is -2.16. The summed E-state index contributed by atoms with van der Waals surface area (Å²) in [7, 11) is 0. The van der Waals surface area contributed by atoms with E-state index in [0.29, 0.717) is 22.8 Å². The molecule has 0 bridgehead atoms. The number of primary amides is 1. The van der Waals surface area contributed by atoms with Crippen LogP contribution in [0.2, 0.25) is 5.02 Å². The zero-order valence-corrected chi connectivity index (χ0v) is 17.5. The fourth-order valence-electron chi connectivity index (χ4n) is 3.61. The molecule has 0 atom stereocenters. The van der Waals surface area contributed by atoms with Crippen molar-refractivity contribution in [3.63, 3.8) is 0 Å². The van der Waals surface area contributed by atoms with E-state index >= 15 is 0 Å². The zero-order chi connectivity index (χ0) is 22.0. The van der Waals surface area contributed by atoms with E-state index in [-0.39, 0.29) is 12.4 Å². The first-order chi connectivity index (χ1) is 15.0. The number of aromatic nitrogens is 2. The first kappa shape index (κ1) is 20.7. The molecule has 4 rings (SSSR count). The highest BCUT2D eigenvalue weighted by molar-refractivity contribution is 6.30. The number of nitrogens with two attached hydrogens (primary N) is 1. The van der Waals surface area contributed by atoms with Crippen LogP contribution < -0.4 is 15.8 Å². The summed E-state index contributed by atoms with van der Waals surface area (Å²) in [6, 6.07) is 15.0. The Kier molecular flexibility index (Phi) is 5.79. The highest BCUT2D eigenvalue weighted by atomic mass is 35.5. The standard InChI is InChI=1S/C23H21ClN4O3/c1-2-16-14(12-29)4-3-5-18(16)27-21-17-10-19(13-6-8-15(24)9-7-13)28-22(17)26-11-20(21)31-23(25)30/h3-11,29H,2,12H2,1H3,(H2,25,30)(H2,26,27,28). The van der Waals surface area contributed by atoms with Crippen LogP contribution in [0.3, 0.4) is 0 Å². The number of ether oxygens (including phenoxy) is 1. The van der Waals surface area contributed by atoms with Gasteiger partial charge in [0, 0.05) is 21.8 Å². The van der Waals surface area contributed by atoms with E-state index in [9.17, 15) is 9.90 Å². The van der Waals surface area contributed by atoms with Gasteiger partial charge in [-0.25, -0.2) is 9.78 Å². The van der Waals surface area contributed by atoms with Gasteiger partial charge in [-0.15, -0.1) is 0 Å². The van der Waals surface area contributed by atoms with Crippen molar-refractivity contribution in [1.29, 1.82) is 0 Å². The van der Waals surface area contributed by atoms with Gasteiger partial charge in [0.05, 0.1) is 18.5 Å². The van der Waals surface area contributed by atoms with Crippen LogP contribution in [0.15, 0.2) is 54.7 Å². The summed E-state index contributed by atoms with van der Waals surface area (Å²) in [5, 5.41) is 14.4. The molecule has 2 aromatic heterocycles. The van der Waals surface area contributed by atoms with Crippen molar-refractivity contribution < 1.29 is 14.6 Å². The minimum Gasteiger partial charge on any atom is -0.407 e. The summed E-state index contributed by atoms with van der Waals surface area (Å²) in [5.41, 5.74) is 10.8. The van der Waals surface area contributed by atoms with Gasteiger partial charge >= 0.3 is 6.09 Å².